The van der Waals surface area contributed by atoms with Crippen LogP contribution in [0.4, 0.5) is 0 Å². The van der Waals surface area contributed by atoms with Crippen LogP contribution in [0.15, 0.2) is 24.3 Å². The molecule has 0 aliphatic rings. The van der Waals surface area contributed by atoms with E-state index < -0.39 is 0 Å². The molecule has 0 aliphatic carbocycles. The average molecular weight is 273 g/mol. The molecule has 1 aromatic heterocycles. The molecule has 0 spiro atoms. The molecule has 0 saturated heterocycles. The summed E-state index contributed by atoms with van der Waals surface area (Å²) in [6, 6.07) is 9.10. The highest BCUT2D eigenvalue weighted by molar-refractivity contribution is 5.82. The molecule has 20 heavy (non-hydrogen) atoms. The van der Waals surface area contributed by atoms with E-state index in [-0.39, 0.29) is 0 Å². The first-order valence-electron chi connectivity index (χ1n) is 7.91. The number of fused-ring (bicyclic) bond motifs is 1. The van der Waals surface area contributed by atoms with Crippen molar-refractivity contribution in [2.24, 2.45) is 0 Å². The van der Waals surface area contributed by atoms with Gasteiger partial charge in [0.05, 0.1) is 11.2 Å². The van der Waals surface area contributed by atoms with Crippen molar-refractivity contribution in [1.82, 2.24) is 15.1 Å². The fourth-order valence-electron chi connectivity index (χ4n) is 2.81. The van der Waals surface area contributed by atoms with Gasteiger partial charge in [-0.1, -0.05) is 44.4 Å². The van der Waals surface area contributed by atoms with Crippen LogP contribution >= 0.6 is 0 Å². The van der Waals surface area contributed by atoms with E-state index >= 15 is 0 Å². The molecule has 2 aromatic rings. The molecule has 0 radical (unpaired) electrons. The van der Waals surface area contributed by atoms with Gasteiger partial charge in [0.15, 0.2) is 0 Å². The second kappa shape index (κ2) is 7.44. The lowest BCUT2D eigenvalue weighted by molar-refractivity contribution is 0.484. The number of likely N-dealkylation sites (N-methyl/N-ethyl adjacent to an activating group) is 1. The van der Waals surface area contributed by atoms with Gasteiger partial charge in [0.25, 0.3) is 0 Å². The van der Waals surface area contributed by atoms with Crippen molar-refractivity contribution in [1.29, 1.82) is 0 Å². The lowest BCUT2D eigenvalue weighted by Gasteiger charge is -2.14. The molecule has 3 nitrogen and oxygen atoms in total. The van der Waals surface area contributed by atoms with E-state index in [1.165, 1.54) is 42.3 Å². The van der Waals surface area contributed by atoms with Crippen LogP contribution in [0.2, 0.25) is 0 Å². The van der Waals surface area contributed by atoms with Crippen molar-refractivity contribution in [2.75, 3.05) is 7.05 Å². The largest absolute Gasteiger partial charge is 0.317 e. The SMILES string of the molecule is CCCCCC(Cc1nn(CC)c2ccccc12)NC. The summed E-state index contributed by atoms with van der Waals surface area (Å²) < 4.78 is 2.11. The van der Waals surface area contributed by atoms with E-state index in [0.717, 1.165) is 13.0 Å². The minimum atomic E-state index is 0.533. The Balaban J connectivity index is 2.15. The number of hydrogen-bond donors (Lipinski definition) is 1. The van der Waals surface area contributed by atoms with Gasteiger partial charge in [0.2, 0.25) is 0 Å². The Morgan fingerprint density at radius 3 is 2.70 bits per heavy atom. The predicted molar refractivity (Wildman–Crippen MR) is 86.1 cm³/mol. The van der Waals surface area contributed by atoms with Crippen molar-refractivity contribution in [3.05, 3.63) is 30.0 Å². The van der Waals surface area contributed by atoms with E-state index in [2.05, 4.69) is 55.2 Å². The Morgan fingerprint density at radius 1 is 1.20 bits per heavy atom. The van der Waals surface area contributed by atoms with Crippen LogP contribution in [0.5, 0.6) is 0 Å². The summed E-state index contributed by atoms with van der Waals surface area (Å²) in [6.45, 7) is 5.34. The topological polar surface area (TPSA) is 29.9 Å². The van der Waals surface area contributed by atoms with Gasteiger partial charge in [-0.25, -0.2) is 0 Å². The number of benzene rings is 1. The molecule has 1 heterocycles. The monoisotopic (exact) mass is 273 g/mol. The maximum absolute atomic E-state index is 4.80. The Morgan fingerprint density at radius 2 is 2.00 bits per heavy atom. The lowest BCUT2D eigenvalue weighted by atomic mass is 10.0. The standard InChI is InChI=1S/C17H27N3/c1-4-6-7-10-14(18-3)13-16-15-11-8-9-12-17(15)20(5-2)19-16/h8-9,11-12,14,18H,4-7,10,13H2,1-3H3. The number of aryl methyl sites for hydroxylation is 1. The van der Waals surface area contributed by atoms with Gasteiger partial charge in [0, 0.05) is 24.4 Å². The van der Waals surface area contributed by atoms with Crippen molar-refractivity contribution >= 4 is 10.9 Å². The quantitative estimate of drug-likeness (QED) is 0.742. The summed E-state index contributed by atoms with van der Waals surface area (Å²) in [4.78, 5) is 0. The van der Waals surface area contributed by atoms with Gasteiger partial charge in [-0.2, -0.15) is 5.10 Å². The zero-order chi connectivity index (χ0) is 14.4. The normalized spacial score (nSPS) is 12.9. The molecular weight excluding hydrogens is 246 g/mol. The fraction of sp³-hybridized carbons (Fsp3) is 0.588. The second-order valence-electron chi connectivity index (χ2n) is 5.47. The first-order valence-corrected chi connectivity index (χ1v) is 7.91. The summed E-state index contributed by atoms with van der Waals surface area (Å²) >= 11 is 0. The Hall–Kier alpha value is -1.35. The maximum atomic E-state index is 4.80. The zero-order valence-corrected chi connectivity index (χ0v) is 13.0. The van der Waals surface area contributed by atoms with Gasteiger partial charge in [-0.05, 0) is 26.5 Å². The van der Waals surface area contributed by atoms with Crippen molar-refractivity contribution in [2.45, 2.75) is 58.5 Å². The molecule has 110 valence electrons. The molecule has 1 atom stereocenters. The van der Waals surface area contributed by atoms with Crippen LogP contribution < -0.4 is 5.32 Å². The summed E-state index contributed by atoms with van der Waals surface area (Å²) in [5.74, 6) is 0. The van der Waals surface area contributed by atoms with Gasteiger partial charge in [-0.15, -0.1) is 0 Å². The molecule has 1 N–H and O–H groups in total. The van der Waals surface area contributed by atoms with Crippen molar-refractivity contribution in [3.8, 4) is 0 Å². The molecule has 0 fully saturated rings. The number of nitrogens with zero attached hydrogens (tertiary/aromatic N) is 2. The molecule has 3 heteroatoms. The van der Waals surface area contributed by atoms with Crippen LogP contribution in [-0.2, 0) is 13.0 Å². The zero-order valence-electron chi connectivity index (χ0n) is 13.0. The Kier molecular flexibility index (Phi) is 5.60. The fourth-order valence-corrected chi connectivity index (χ4v) is 2.81. The predicted octanol–water partition coefficient (Wildman–Crippen LogP) is 3.77. The van der Waals surface area contributed by atoms with Crippen LogP contribution in [0.25, 0.3) is 10.9 Å². The van der Waals surface area contributed by atoms with E-state index in [9.17, 15) is 0 Å². The van der Waals surface area contributed by atoms with Crippen LogP contribution in [0.1, 0.15) is 45.2 Å². The number of para-hydroxylation sites is 1. The van der Waals surface area contributed by atoms with E-state index in [4.69, 9.17) is 5.10 Å². The number of unbranched alkanes of at least 4 members (excludes halogenated alkanes) is 2. The summed E-state index contributed by atoms with van der Waals surface area (Å²) in [5, 5.41) is 9.56. The lowest BCUT2D eigenvalue weighted by Crippen LogP contribution is -2.27. The number of aromatic nitrogens is 2. The molecule has 0 amide bonds. The summed E-state index contributed by atoms with van der Waals surface area (Å²) in [7, 11) is 2.07. The Labute approximate surface area is 122 Å². The third-order valence-electron chi connectivity index (χ3n) is 4.04. The van der Waals surface area contributed by atoms with Crippen LogP contribution in [0.3, 0.4) is 0 Å². The smallest absolute Gasteiger partial charge is 0.0718 e. The average Bonchev–Trinajstić information content (AvgIpc) is 2.84. The third-order valence-corrected chi connectivity index (χ3v) is 4.04. The van der Waals surface area contributed by atoms with Crippen LogP contribution in [0, 0.1) is 0 Å². The van der Waals surface area contributed by atoms with Crippen LogP contribution in [-0.4, -0.2) is 22.9 Å². The highest BCUT2D eigenvalue weighted by atomic mass is 15.3. The van der Waals surface area contributed by atoms with E-state index in [1.807, 2.05) is 0 Å². The third kappa shape index (κ3) is 3.40. The number of nitrogens with one attached hydrogen (secondary N) is 1. The van der Waals surface area contributed by atoms with E-state index in [1.54, 1.807) is 0 Å². The molecule has 1 unspecified atom stereocenters. The minimum Gasteiger partial charge on any atom is -0.317 e. The van der Waals surface area contributed by atoms with Gasteiger partial charge in [0.1, 0.15) is 0 Å². The first-order chi connectivity index (χ1) is 9.80. The second-order valence-corrected chi connectivity index (χ2v) is 5.47. The molecule has 0 aliphatic heterocycles. The molecule has 2 rings (SSSR count). The van der Waals surface area contributed by atoms with Crippen molar-refractivity contribution in [3.63, 3.8) is 0 Å². The molecule has 1 aromatic carbocycles. The summed E-state index contributed by atoms with van der Waals surface area (Å²) in [6.07, 6.45) is 6.16. The Bertz CT molecular complexity index is 530. The van der Waals surface area contributed by atoms with Crippen molar-refractivity contribution < 1.29 is 0 Å². The summed E-state index contributed by atoms with van der Waals surface area (Å²) in [5.41, 5.74) is 2.49. The molecular formula is C17H27N3. The number of hydrogen-bond acceptors (Lipinski definition) is 2. The highest BCUT2D eigenvalue weighted by Crippen LogP contribution is 2.20. The van der Waals surface area contributed by atoms with Gasteiger partial charge in [-0.3, -0.25) is 4.68 Å². The van der Waals surface area contributed by atoms with E-state index in [0.29, 0.717) is 6.04 Å². The maximum Gasteiger partial charge on any atom is 0.0718 e. The molecule has 0 bridgehead atoms. The van der Waals surface area contributed by atoms with Gasteiger partial charge < -0.3 is 5.32 Å². The number of rotatable bonds is 8. The minimum absolute atomic E-state index is 0.533. The highest BCUT2D eigenvalue weighted by Gasteiger charge is 2.14. The molecule has 0 saturated carbocycles. The first kappa shape index (κ1) is 15.0. The van der Waals surface area contributed by atoms with Gasteiger partial charge >= 0.3 is 0 Å².